The van der Waals surface area contributed by atoms with Crippen LogP contribution in [-0.4, -0.2) is 60.4 Å². The number of aliphatic hydroxyl groups is 1. The number of carbonyl (C=O) groups is 2. The Labute approximate surface area is 209 Å². The highest BCUT2D eigenvalue weighted by molar-refractivity contribution is 5.77. The lowest BCUT2D eigenvalue weighted by atomic mass is 10.0. The van der Waals surface area contributed by atoms with E-state index < -0.39 is 12.1 Å². The fourth-order valence-electron chi connectivity index (χ4n) is 4.86. The number of carbonyl (C=O) groups excluding carboxylic acids is 2. The van der Waals surface area contributed by atoms with E-state index in [0.717, 1.165) is 32.1 Å². The van der Waals surface area contributed by atoms with E-state index in [0.29, 0.717) is 19.6 Å². The highest BCUT2D eigenvalue weighted by Gasteiger charge is 2.37. The maximum Gasteiger partial charge on any atom is 0.327 e. The summed E-state index contributed by atoms with van der Waals surface area (Å²) in [6.45, 7) is 5.85. The van der Waals surface area contributed by atoms with Gasteiger partial charge in [0.1, 0.15) is 18.8 Å². The summed E-state index contributed by atoms with van der Waals surface area (Å²) in [4.78, 5) is 25.3. The number of unbranched alkanes of at least 4 members (excludes halogenated alkanes) is 14. The first-order valence-electron chi connectivity index (χ1n) is 14.3. The average Bonchev–Trinajstić information content (AvgIpc) is 2.82. The number of nitrogens with zero attached hydrogens (tertiary/aromatic N) is 1. The molecule has 1 fully saturated rings. The Morgan fingerprint density at radius 1 is 0.912 bits per heavy atom. The summed E-state index contributed by atoms with van der Waals surface area (Å²) in [7, 11) is 0. The third-order valence-corrected chi connectivity index (χ3v) is 6.97. The zero-order valence-electron chi connectivity index (χ0n) is 22.2. The fourth-order valence-corrected chi connectivity index (χ4v) is 4.86. The second kappa shape index (κ2) is 21.2. The molecule has 1 aliphatic heterocycles. The number of β-amino-alcohol motifs (C(OH)–C–C–N with tert-alkyl or cyclic N) is 1. The molecule has 200 valence electrons. The van der Waals surface area contributed by atoms with Crippen molar-refractivity contribution in [3.63, 3.8) is 0 Å². The molecule has 1 N–H and O–H groups in total. The van der Waals surface area contributed by atoms with Crippen LogP contribution in [0.3, 0.4) is 0 Å². The van der Waals surface area contributed by atoms with Crippen molar-refractivity contribution in [1.29, 1.82) is 0 Å². The van der Waals surface area contributed by atoms with Crippen molar-refractivity contribution >= 4 is 12.4 Å². The van der Waals surface area contributed by atoms with Gasteiger partial charge in [0.2, 0.25) is 0 Å². The summed E-state index contributed by atoms with van der Waals surface area (Å²) in [6.07, 6.45) is 20.8. The molecule has 1 aliphatic rings. The lowest BCUT2D eigenvalue weighted by Crippen LogP contribution is -2.56. The van der Waals surface area contributed by atoms with Gasteiger partial charge in [0.25, 0.3) is 6.47 Å². The molecule has 6 nitrogen and oxygen atoms in total. The van der Waals surface area contributed by atoms with E-state index in [1.165, 1.54) is 83.5 Å². The Hall–Kier alpha value is -1.14. The van der Waals surface area contributed by atoms with E-state index in [4.69, 9.17) is 9.47 Å². The minimum Gasteiger partial charge on any atom is -0.466 e. The second-order valence-corrected chi connectivity index (χ2v) is 10.1. The van der Waals surface area contributed by atoms with E-state index in [1.54, 1.807) is 0 Å². The maximum absolute atomic E-state index is 12.6. The quantitative estimate of drug-likeness (QED) is 0.106. The molecule has 0 radical (unpaired) electrons. The van der Waals surface area contributed by atoms with E-state index in [1.807, 2.05) is 4.90 Å². The van der Waals surface area contributed by atoms with Crippen LogP contribution in [0.25, 0.3) is 0 Å². The lowest BCUT2D eigenvalue weighted by Gasteiger charge is -2.38. The molecule has 1 heterocycles. The van der Waals surface area contributed by atoms with Crippen molar-refractivity contribution in [3.8, 4) is 0 Å². The van der Waals surface area contributed by atoms with Crippen molar-refractivity contribution in [2.45, 2.75) is 148 Å². The Balaban J connectivity index is 2.34. The molecule has 6 heteroatoms. The molecule has 0 aromatic heterocycles. The van der Waals surface area contributed by atoms with Crippen LogP contribution in [-0.2, 0) is 19.1 Å². The van der Waals surface area contributed by atoms with E-state index >= 15 is 0 Å². The molecule has 0 amide bonds. The van der Waals surface area contributed by atoms with Crippen molar-refractivity contribution in [3.05, 3.63) is 0 Å². The van der Waals surface area contributed by atoms with Crippen LogP contribution in [0.4, 0.5) is 0 Å². The molecule has 0 saturated carbocycles. The van der Waals surface area contributed by atoms with Gasteiger partial charge in [-0.2, -0.15) is 0 Å². The zero-order valence-corrected chi connectivity index (χ0v) is 22.2. The van der Waals surface area contributed by atoms with E-state index in [2.05, 4.69) is 13.8 Å². The number of rotatable bonds is 23. The number of hydrogen-bond acceptors (Lipinski definition) is 6. The highest BCUT2D eigenvalue weighted by atomic mass is 16.6. The van der Waals surface area contributed by atoms with Gasteiger partial charge in [-0.05, 0) is 19.3 Å². The molecular formula is C28H53NO5. The Kier molecular flexibility index (Phi) is 19.2. The SMILES string of the molecule is CCCCCCCCCCC(O)CN1CC(CCCCCCCCCC)OC(=O)C1COC=O. The summed E-state index contributed by atoms with van der Waals surface area (Å²) in [5, 5.41) is 10.6. The minimum absolute atomic E-state index is 0.0166. The van der Waals surface area contributed by atoms with Crippen LogP contribution in [0.1, 0.15) is 129 Å². The topological polar surface area (TPSA) is 76.1 Å². The fraction of sp³-hybridized carbons (Fsp3) is 0.929. The first-order chi connectivity index (χ1) is 16.6. The van der Waals surface area contributed by atoms with Gasteiger partial charge in [0, 0.05) is 13.1 Å². The number of hydrogen-bond donors (Lipinski definition) is 1. The largest absolute Gasteiger partial charge is 0.466 e. The molecule has 0 aromatic rings. The summed E-state index contributed by atoms with van der Waals surface area (Å²) >= 11 is 0. The minimum atomic E-state index is -0.617. The van der Waals surface area contributed by atoms with Gasteiger partial charge in [-0.15, -0.1) is 0 Å². The van der Waals surface area contributed by atoms with Crippen molar-refractivity contribution < 1.29 is 24.2 Å². The Morgan fingerprint density at radius 3 is 2.00 bits per heavy atom. The number of aliphatic hydroxyl groups excluding tert-OH is 1. The molecular weight excluding hydrogens is 430 g/mol. The predicted molar refractivity (Wildman–Crippen MR) is 138 cm³/mol. The highest BCUT2D eigenvalue weighted by Crippen LogP contribution is 2.20. The van der Waals surface area contributed by atoms with Crippen LogP contribution >= 0.6 is 0 Å². The third-order valence-electron chi connectivity index (χ3n) is 6.97. The predicted octanol–water partition coefficient (Wildman–Crippen LogP) is 6.18. The first-order valence-corrected chi connectivity index (χ1v) is 14.3. The number of morpholine rings is 1. The monoisotopic (exact) mass is 483 g/mol. The number of esters is 1. The molecule has 1 rings (SSSR count). The molecule has 0 aromatic carbocycles. The van der Waals surface area contributed by atoms with Crippen LogP contribution in [0.2, 0.25) is 0 Å². The number of cyclic esters (lactones) is 1. The molecule has 34 heavy (non-hydrogen) atoms. The Morgan fingerprint density at radius 2 is 1.44 bits per heavy atom. The molecule has 3 atom stereocenters. The van der Waals surface area contributed by atoms with Crippen LogP contribution in [0.5, 0.6) is 0 Å². The van der Waals surface area contributed by atoms with Gasteiger partial charge < -0.3 is 14.6 Å². The number of ether oxygens (including phenoxy) is 2. The molecule has 0 aliphatic carbocycles. The first kappa shape index (κ1) is 30.9. The summed E-state index contributed by atoms with van der Waals surface area (Å²) in [6, 6.07) is -0.617. The molecule has 0 bridgehead atoms. The normalized spacial score (nSPS) is 19.7. The molecule has 0 spiro atoms. The van der Waals surface area contributed by atoms with Crippen LogP contribution < -0.4 is 0 Å². The smallest absolute Gasteiger partial charge is 0.327 e. The van der Waals surface area contributed by atoms with Gasteiger partial charge in [-0.1, -0.05) is 110 Å². The maximum atomic E-state index is 12.6. The van der Waals surface area contributed by atoms with Gasteiger partial charge in [-0.3, -0.25) is 14.5 Å². The average molecular weight is 484 g/mol. The van der Waals surface area contributed by atoms with Crippen molar-refractivity contribution in [2.75, 3.05) is 19.7 Å². The van der Waals surface area contributed by atoms with E-state index in [9.17, 15) is 14.7 Å². The van der Waals surface area contributed by atoms with Crippen LogP contribution in [0.15, 0.2) is 0 Å². The standard InChI is InChI=1S/C28H53NO5/c1-3-5-7-9-11-13-15-17-19-25(31)21-29-22-26(34-28(32)27(29)23-33-24-30)20-18-16-14-12-10-8-6-4-2/h24-27,31H,3-23H2,1-2H3. The molecule has 3 unspecified atom stereocenters. The summed E-state index contributed by atoms with van der Waals surface area (Å²) in [5.41, 5.74) is 0. The summed E-state index contributed by atoms with van der Waals surface area (Å²) in [5.74, 6) is -0.336. The van der Waals surface area contributed by atoms with E-state index in [-0.39, 0.29) is 18.7 Å². The van der Waals surface area contributed by atoms with Gasteiger partial charge in [0.05, 0.1) is 6.10 Å². The third kappa shape index (κ3) is 15.0. The van der Waals surface area contributed by atoms with Gasteiger partial charge in [-0.25, -0.2) is 0 Å². The lowest BCUT2D eigenvalue weighted by molar-refractivity contribution is -0.171. The van der Waals surface area contributed by atoms with Gasteiger partial charge in [0.15, 0.2) is 0 Å². The van der Waals surface area contributed by atoms with Crippen molar-refractivity contribution in [1.82, 2.24) is 4.90 Å². The zero-order chi connectivity index (χ0) is 24.9. The molecule has 1 saturated heterocycles. The van der Waals surface area contributed by atoms with Crippen LogP contribution in [0, 0.1) is 0 Å². The van der Waals surface area contributed by atoms with Gasteiger partial charge >= 0.3 is 5.97 Å². The Bertz CT molecular complexity index is 499. The second-order valence-electron chi connectivity index (χ2n) is 10.1. The van der Waals surface area contributed by atoms with Crippen molar-refractivity contribution in [2.24, 2.45) is 0 Å². The summed E-state index contributed by atoms with van der Waals surface area (Å²) < 4.78 is 10.6.